The molecule has 0 fully saturated rings. The van der Waals surface area contributed by atoms with Crippen LogP contribution >= 0.6 is 0 Å². The molecule has 0 radical (unpaired) electrons. The predicted octanol–water partition coefficient (Wildman–Crippen LogP) is 6.02. The summed E-state index contributed by atoms with van der Waals surface area (Å²) >= 11 is 0. The van der Waals surface area contributed by atoms with E-state index < -0.39 is 0 Å². The van der Waals surface area contributed by atoms with Gasteiger partial charge < -0.3 is 14.8 Å². The lowest BCUT2D eigenvalue weighted by Crippen LogP contribution is -2.18. The van der Waals surface area contributed by atoms with Crippen LogP contribution in [0.15, 0.2) is 60.7 Å². The first-order valence-corrected chi connectivity index (χ1v) is 10.1. The third-order valence-electron chi connectivity index (χ3n) is 5.05. The number of amides is 1. The number of ether oxygens (including phenoxy) is 2. The highest BCUT2D eigenvalue weighted by Gasteiger charge is 2.16. The van der Waals surface area contributed by atoms with Crippen LogP contribution in [0.2, 0.25) is 0 Å². The Morgan fingerprint density at radius 2 is 1.55 bits per heavy atom. The van der Waals surface area contributed by atoms with Crippen LogP contribution in [-0.2, 0) is 4.79 Å². The van der Waals surface area contributed by atoms with Gasteiger partial charge in [-0.05, 0) is 72.0 Å². The van der Waals surface area contributed by atoms with Gasteiger partial charge in [0.15, 0.2) is 0 Å². The molecule has 4 heteroatoms. The number of benzene rings is 3. The van der Waals surface area contributed by atoms with Crippen molar-refractivity contribution in [2.45, 2.75) is 33.1 Å². The quantitative estimate of drug-likeness (QED) is 0.511. The minimum absolute atomic E-state index is 0.0358. The summed E-state index contributed by atoms with van der Waals surface area (Å²) in [6, 6.07) is 19.6. The SMILES string of the molecule is COc1ccc2cc([C@H](C)C(=O)Nc3ccc(OCCC(C)C)cc3)ccc2c1. The lowest BCUT2D eigenvalue weighted by Gasteiger charge is -2.14. The van der Waals surface area contributed by atoms with E-state index in [1.54, 1.807) is 7.11 Å². The minimum Gasteiger partial charge on any atom is -0.497 e. The van der Waals surface area contributed by atoms with Gasteiger partial charge in [0, 0.05) is 5.69 Å². The van der Waals surface area contributed by atoms with Crippen molar-refractivity contribution in [1.82, 2.24) is 0 Å². The van der Waals surface area contributed by atoms with E-state index in [0.29, 0.717) is 12.5 Å². The Hall–Kier alpha value is -3.01. The first-order valence-electron chi connectivity index (χ1n) is 10.1. The summed E-state index contributed by atoms with van der Waals surface area (Å²) in [7, 11) is 1.66. The summed E-state index contributed by atoms with van der Waals surface area (Å²) in [5, 5.41) is 5.17. The van der Waals surface area contributed by atoms with Crippen LogP contribution in [0.1, 0.15) is 38.7 Å². The molecule has 152 valence electrons. The zero-order valence-corrected chi connectivity index (χ0v) is 17.6. The van der Waals surface area contributed by atoms with Crippen LogP contribution in [0.25, 0.3) is 10.8 Å². The van der Waals surface area contributed by atoms with Gasteiger partial charge in [-0.2, -0.15) is 0 Å². The third kappa shape index (κ3) is 5.50. The molecule has 3 rings (SSSR count). The molecule has 1 N–H and O–H groups in total. The molecule has 1 amide bonds. The predicted molar refractivity (Wildman–Crippen MR) is 119 cm³/mol. The van der Waals surface area contributed by atoms with Gasteiger partial charge in [0.1, 0.15) is 11.5 Å². The first kappa shape index (κ1) is 20.7. The number of nitrogens with one attached hydrogen (secondary N) is 1. The molecule has 29 heavy (non-hydrogen) atoms. The summed E-state index contributed by atoms with van der Waals surface area (Å²) < 4.78 is 11.0. The van der Waals surface area contributed by atoms with E-state index in [2.05, 4.69) is 25.2 Å². The molecule has 0 bridgehead atoms. The van der Waals surface area contributed by atoms with Crippen molar-refractivity contribution in [2.75, 3.05) is 19.0 Å². The lowest BCUT2D eigenvalue weighted by atomic mass is 9.97. The Morgan fingerprint density at radius 3 is 2.24 bits per heavy atom. The molecular formula is C25H29NO3. The summed E-state index contributed by atoms with van der Waals surface area (Å²) in [6.07, 6.45) is 1.02. The number of fused-ring (bicyclic) bond motifs is 1. The maximum absolute atomic E-state index is 12.7. The third-order valence-corrected chi connectivity index (χ3v) is 5.05. The van der Waals surface area contributed by atoms with Crippen molar-refractivity contribution in [3.05, 3.63) is 66.2 Å². The Balaban J connectivity index is 1.63. The largest absolute Gasteiger partial charge is 0.497 e. The van der Waals surface area contributed by atoms with E-state index in [-0.39, 0.29) is 11.8 Å². The smallest absolute Gasteiger partial charge is 0.231 e. The van der Waals surface area contributed by atoms with Crippen molar-refractivity contribution in [3.8, 4) is 11.5 Å². The van der Waals surface area contributed by atoms with Gasteiger partial charge in [0.25, 0.3) is 0 Å². The average Bonchev–Trinajstić information content (AvgIpc) is 2.73. The fraction of sp³-hybridized carbons (Fsp3) is 0.320. The summed E-state index contributed by atoms with van der Waals surface area (Å²) in [4.78, 5) is 12.7. The Kier molecular flexibility index (Phi) is 6.76. The van der Waals surface area contributed by atoms with E-state index >= 15 is 0 Å². The second-order valence-electron chi connectivity index (χ2n) is 7.74. The van der Waals surface area contributed by atoms with Gasteiger partial charge in [-0.25, -0.2) is 0 Å². The Morgan fingerprint density at radius 1 is 0.897 bits per heavy atom. The highest BCUT2D eigenvalue weighted by atomic mass is 16.5. The zero-order chi connectivity index (χ0) is 20.8. The zero-order valence-electron chi connectivity index (χ0n) is 17.6. The fourth-order valence-electron chi connectivity index (χ4n) is 3.09. The maximum atomic E-state index is 12.7. The molecule has 0 aliphatic carbocycles. The van der Waals surface area contributed by atoms with Crippen molar-refractivity contribution in [1.29, 1.82) is 0 Å². The number of methoxy groups -OCH3 is 1. The van der Waals surface area contributed by atoms with Gasteiger partial charge in [-0.1, -0.05) is 38.1 Å². The van der Waals surface area contributed by atoms with Crippen molar-refractivity contribution in [3.63, 3.8) is 0 Å². The van der Waals surface area contributed by atoms with Gasteiger partial charge in [-0.15, -0.1) is 0 Å². The molecule has 0 spiro atoms. The molecule has 0 aromatic heterocycles. The second kappa shape index (κ2) is 9.46. The Bertz CT molecular complexity index is 963. The topological polar surface area (TPSA) is 47.6 Å². The van der Waals surface area contributed by atoms with E-state index in [9.17, 15) is 4.79 Å². The second-order valence-corrected chi connectivity index (χ2v) is 7.74. The van der Waals surface area contributed by atoms with Gasteiger partial charge in [0.05, 0.1) is 19.6 Å². The summed E-state index contributed by atoms with van der Waals surface area (Å²) in [5.41, 5.74) is 1.75. The molecule has 0 unspecified atom stereocenters. The van der Waals surface area contributed by atoms with Crippen LogP contribution in [0.4, 0.5) is 5.69 Å². The number of anilines is 1. The first-order chi connectivity index (χ1) is 14.0. The van der Waals surface area contributed by atoms with E-state index in [1.165, 1.54) is 0 Å². The van der Waals surface area contributed by atoms with Crippen LogP contribution in [0.5, 0.6) is 11.5 Å². The van der Waals surface area contributed by atoms with E-state index in [1.807, 2.05) is 61.5 Å². The minimum atomic E-state index is -0.261. The van der Waals surface area contributed by atoms with Crippen molar-refractivity contribution < 1.29 is 14.3 Å². The van der Waals surface area contributed by atoms with Crippen LogP contribution in [0, 0.1) is 5.92 Å². The standard InChI is InChI=1S/C25H29NO3/c1-17(2)13-14-29-23-11-8-22(9-12-23)26-25(27)18(3)19-5-6-21-16-24(28-4)10-7-20(21)15-19/h5-12,15-18H,13-14H2,1-4H3,(H,26,27)/t18-/m0/s1. The number of hydrogen-bond donors (Lipinski definition) is 1. The fourth-order valence-corrected chi connectivity index (χ4v) is 3.09. The molecule has 1 atom stereocenters. The van der Waals surface area contributed by atoms with Crippen molar-refractivity contribution >= 4 is 22.4 Å². The van der Waals surface area contributed by atoms with E-state index in [4.69, 9.17) is 9.47 Å². The van der Waals surface area contributed by atoms with Crippen LogP contribution < -0.4 is 14.8 Å². The number of hydrogen-bond acceptors (Lipinski definition) is 3. The molecule has 3 aromatic carbocycles. The molecule has 0 aliphatic rings. The number of carbonyl (C=O) groups is 1. The summed E-state index contributed by atoms with van der Waals surface area (Å²) in [5.74, 6) is 1.97. The van der Waals surface area contributed by atoms with Crippen molar-refractivity contribution in [2.24, 2.45) is 5.92 Å². The Labute approximate surface area is 172 Å². The maximum Gasteiger partial charge on any atom is 0.231 e. The number of carbonyl (C=O) groups excluding carboxylic acids is 1. The van der Waals surface area contributed by atoms with Gasteiger partial charge in [-0.3, -0.25) is 4.79 Å². The lowest BCUT2D eigenvalue weighted by molar-refractivity contribution is -0.117. The molecule has 0 saturated carbocycles. The van der Waals surface area contributed by atoms with Crippen LogP contribution in [-0.4, -0.2) is 19.6 Å². The molecule has 0 heterocycles. The van der Waals surface area contributed by atoms with Crippen LogP contribution in [0.3, 0.4) is 0 Å². The highest BCUT2D eigenvalue weighted by Crippen LogP contribution is 2.26. The molecular weight excluding hydrogens is 362 g/mol. The van der Waals surface area contributed by atoms with Gasteiger partial charge in [0.2, 0.25) is 5.91 Å². The average molecular weight is 392 g/mol. The monoisotopic (exact) mass is 391 g/mol. The normalized spacial score (nSPS) is 12.0. The number of rotatable bonds is 8. The molecule has 3 aromatic rings. The van der Waals surface area contributed by atoms with Gasteiger partial charge >= 0.3 is 0 Å². The highest BCUT2D eigenvalue weighted by molar-refractivity contribution is 5.96. The van der Waals surface area contributed by atoms with E-state index in [0.717, 1.165) is 39.9 Å². The molecule has 0 aliphatic heterocycles. The molecule has 4 nitrogen and oxygen atoms in total. The molecule has 0 saturated heterocycles. The summed E-state index contributed by atoms with van der Waals surface area (Å²) in [6.45, 7) is 6.97.